The summed E-state index contributed by atoms with van der Waals surface area (Å²) in [6.45, 7) is 0. The van der Waals surface area contributed by atoms with E-state index in [1.807, 2.05) is 0 Å². The van der Waals surface area contributed by atoms with Crippen molar-refractivity contribution in [2.75, 3.05) is 0 Å². The molecule has 0 spiro atoms. The van der Waals surface area contributed by atoms with Crippen molar-refractivity contribution in [3.8, 4) is 0 Å². The van der Waals surface area contributed by atoms with Gasteiger partial charge in [0.25, 0.3) is 0 Å². The zero-order valence-electron chi connectivity index (χ0n) is 3.01. The van der Waals surface area contributed by atoms with Crippen LogP contribution < -0.4 is 4.72 Å². The molecule has 0 amide bonds. The highest BCUT2D eigenvalue weighted by atomic mass is 35.5. The second-order valence-electron chi connectivity index (χ2n) is 0.610. The third-order valence-corrected chi connectivity index (χ3v) is 0.972. The Kier molecular flexibility index (Phi) is 3.45. The maximum atomic E-state index is 9.53. The molecule has 0 aliphatic rings. The van der Waals surface area contributed by atoms with Gasteiger partial charge >= 0.3 is 0 Å². The molecule has 0 radical (unpaired) electrons. The van der Waals surface area contributed by atoms with Crippen molar-refractivity contribution in [2.24, 2.45) is 0 Å². The van der Waals surface area contributed by atoms with Gasteiger partial charge in [0.15, 0.2) is 4.45 Å². The maximum absolute atomic E-state index is 9.53. The number of thiocarbonyl (C=S) groups is 1. The molecular formula is CHClNO2S2-. The number of halogens is 1. The van der Waals surface area contributed by atoms with Crippen LogP contribution in [0.25, 0.3) is 0 Å². The lowest BCUT2D eigenvalue weighted by atomic mass is 11.5. The summed E-state index contributed by atoms with van der Waals surface area (Å²) in [5.41, 5.74) is 0. The monoisotopic (exact) mass is 158 g/mol. The zero-order valence-corrected chi connectivity index (χ0v) is 5.40. The highest BCUT2D eigenvalue weighted by Crippen LogP contribution is 1.76. The summed E-state index contributed by atoms with van der Waals surface area (Å²) < 4.78 is 20.5. The van der Waals surface area contributed by atoms with Crippen molar-refractivity contribution in [3.05, 3.63) is 0 Å². The largest absolute Gasteiger partial charge is 0.755 e. The smallest absolute Gasteiger partial charge is 0.178 e. The summed E-state index contributed by atoms with van der Waals surface area (Å²) in [4.78, 5) is 0. The summed E-state index contributed by atoms with van der Waals surface area (Å²) >= 11 is 6.66. The van der Waals surface area contributed by atoms with Crippen LogP contribution in [0.2, 0.25) is 0 Å². The van der Waals surface area contributed by atoms with Crippen molar-refractivity contribution in [1.82, 2.24) is 4.72 Å². The first-order chi connectivity index (χ1) is 3.13. The van der Waals surface area contributed by atoms with E-state index < -0.39 is 11.3 Å². The van der Waals surface area contributed by atoms with Crippen LogP contribution in [0, 0.1) is 0 Å². The zero-order chi connectivity index (χ0) is 5.86. The van der Waals surface area contributed by atoms with Crippen LogP contribution in [-0.4, -0.2) is 13.2 Å². The first kappa shape index (κ1) is 7.29. The van der Waals surface area contributed by atoms with Gasteiger partial charge in [-0.3, -0.25) is 8.93 Å². The van der Waals surface area contributed by atoms with Crippen LogP contribution in [-0.2, 0) is 11.3 Å². The van der Waals surface area contributed by atoms with Crippen LogP contribution in [0.4, 0.5) is 0 Å². The minimum atomic E-state index is -2.37. The van der Waals surface area contributed by atoms with Crippen molar-refractivity contribution in [3.63, 3.8) is 0 Å². The Morgan fingerprint density at radius 1 is 2.00 bits per heavy atom. The van der Waals surface area contributed by atoms with Gasteiger partial charge in [-0.1, -0.05) is 11.6 Å². The van der Waals surface area contributed by atoms with Gasteiger partial charge in [-0.2, -0.15) is 0 Å². The van der Waals surface area contributed by atoms with Gasteiger partial charge in [0.1, 0.15) is 0 Å². The lowest BCUT2D eigenvalue weighted by Gasteiger charge is -2.01. The lowest BCUT2D eigenvalue weighted by molar-refractivity contribution is 0.534. The lowest BCUT2D eigenvalue weighted by Crippen LogP contribution is -2.17. The number of rotatable bonds is 1. The Morgan fingerprint density at radius 2 is 2.43 bits per heavy atom. The predicted octanol–water partition coefficient (Wildman–Crippen LogP) is -0.106. The standard InChI is InChI=1S/CH2ClNO2S2/c2-1(6)3-7(4)5/h(H,3,6)(H,4,5)/p-1. The molecule has 42 valence electrons. The van der Waals surface area contributed by atoms with Crippen LogP contribution in [0.15, 0.2) is 0 Å². The molecule has 0 fully saturated rings. The molecule has 7 heavy (non-hydrogen) atoms. The molecule has 1 unspecified atom stereocenters. The van der Waals surface area contributed by atoms with Gasteiger partial charge in [-0.25, -0.2) is 0 Å². The Hall–Kier alpha value is 0.290. The Labute approximate surface area is 53.5 Å². The first-order valence-corrected chi connectivity index (χ1v) is 3.04. The number of nitrogens with one attached hydrogen (secondary N) is 1. The van der Waals surface area contributed by atoms with E-state index in [4.69, 9.17) is 11.6 Å². The Bertz CT molecular complexity index is 91.9. The molecule has 0 saturated heterocycles. The quantitative estimate of drug-likeness (QED) is 0.251. The minimum Gasteiger partial charge on any atom is -0.755 e. The van der Waals surface area contributed by atoms with Gasteiger partial charge in [-0.15, -0.1) is 0 Å². The molecule has 6 heteroatoms. The van der Waals surface area contributed by atoms with E-state index in [-0.39, 0.29) is 4.45 Å². The van der Waals surface area contributed by atoms with Crippen molar-refractivity contribution < 1.29 is 8.76 Å². The molecule has 0 aromatic heterocycles. The Balaban J connectivity index is 3.32. The second-order valence-corrected chi connectivity index (χ2v) is 2.29. The van der Waals surface area contributed by atoms with Gasteiger partial charge in [-0.05, 0) is 12.2 Å². The molecular weight excluding hydrogens is 158 g/mol. The summed E-state index contributed by atoms with van der Waals surface area (Å²) in [6.07, 6.45) is 0. The van der Waals surface area contributed by atoms with Gasteiger partial charge in [0, 0.05) is 11.3 Å². The molecule has 0 aliphatic carbocycles. The van der Waals surface area contributed by atoms with Gasteiger partial charge < -0.3 is 4.55 Å². The molecule has 0 aromatic rings. The van der Waals surface area contributed by atoms with E-state index in [0.717, 1.165) is 0 Å². The van der Waals surface area contributed by atoms with Gasteiger partial charge in [0.2, 0.25) is 0 Å². The number of hydrogen-bond donors (Lipinski definition) is 1. The third kappa shape index (κ3) is 6.29. The van der Waals surface area contributed by atoms with Crippen LogP contribution in [0.3, 0.4) is 0 Å². The molecule has 0 heterocycles. The Morgan fingerprint density at radius 3 is 2.43 bits per heavy atom. The third-order valence-electron chi connectivity index (χ3n) is 0.164. The summed E-state index contributed by atoms with van der Waals surface area (Å²) in [5.74, 6) is 0. The molecule has 3 nitrogen and oxygen atoms in total. The van der Waals surface area contributed by atoms with Crippen molar-refractivity contribution in [1.29, 1.82) is 0 Å². The topological polar surface area (TPSA) is 52.2 Å². The average molecular weight is 159 g/mol. The molecule has 0 rings (SSSR count). The van der Waals surface area contributed by atoms with E-state index in [1.165, 1.54) is 0 Å². The highest BCUT2D eigenvalue weighted by molar-refractivity contribution is 7.86. The summed E-state index contributed by atoms with van der Waals surface area (Å²) in [5, 5.41) is 0. The summed E-state index contributed by atoms with van der Waals surface area (Å²) in [6, 6.07) is 0. The maximum Gasteiger partial charge on any atom is 0.178 e. The van der Waals surface area contributed by atoms with Crippen LogP contribution in [0.5, 0.6) is 0 Å². The first-order valence-electron chi connectivity index (χ1n) is 1.18. The van der Waals surface area contributed by atoms with E-state index in [0.29, 0.717) is 0 Å². The van der Waals surface area contributed by atoms with E-state index in [1.54, 1.807) is 4.72 Å². The molecule has 0 aliphatic heterocycles. The molecule has 0 aromatic carbocycles. The van der Waals surface area contributed by atoms with Crippen molar-refractivity contribution >= 4 is 39.5 Å². The van der Waals surface area contributed by atoms with E-state index >= 15 is 0 Å². The number of hydrogen-bond acceptors (Lipinski definition) is 3. The van der Waals surface area contributed by atoms with Crippen LogP contribution in [0.1, 0.15) is 0 Å². The molecule has 1 atom stereocenters. The van der Waals surface area contributed by atoms with Crippen LogP contribution >= 0.6 is 23.8 Å². The fourth-order valence-electron chi connectivity index (χ4n) is 0.0655. The SMILES string of the molecule is O=S([O-])NC(=S)Cl. The molecule has 1 N–H and O–H groups in total. The second kappa shape index (κ2) is 3.31. The fourth-order valence-corrected chi connectivity index (χ4v) is 0.590. The minimum absolute atomic E-state index is 0.270. The summed E-state index contributed by atoms with van der Waals surface area (Å²) in [7, 11) is 0. The van der Waals surface area contributed by atoms with Gasteiger partial charge in [0.05, 0.1) is 0 Å². The van der Waals surface area contributed by atoms with Crippen molar-refractivity contribution in [2.45, 2.75) is 0 Å². The van der Waals surface area contributed by atoms with E-state index in [9.17, 15) is 8.76 Å². The molecule has 0 bridgehead atoms. The highest BCUT2D eigenvalue weighted by Gasteiger charge is 1.81. The fraction of sp³-hybridized carbons (Fsp3) is 0. The molecule has 0 saturated carbocycles. The van der Waals surface area contributed by atoms with E-state index in [2.05, 4.69) is 12.2 Å². The average Bonchev–Trinajstić information content (AvgIpc) is 1.27. The predicted molar refractivity (Wildman–Crippen MR) is 30.5 cm³/mol. The normalized spacial score (nSPS) is 12.9.